The molecule has 0 bridgehead atoms. The minimum Gasteiger partial charge on any atom is -0.496 e. The van der Waals surface area contributed by atoms with Crippen LogP contribution < -0.4 is 10.1 Å². The van der Waals surface area contributed by atoms with Gasteiger partial charge in [-0.15, -0.1) is 11.3 Å². The minimum absolute atomic E-state index is 0.480. The molecule has 0 saturated carbocycles. The van der Waals surface area contributed by atoms with Gasteiger partial charge in [-0.2, -0.15) is 0 Å². The van der Waals surface area contributed by atoms with Gasteiger partial charge >= 0.3 is 0 Å². The molecule has 0 unspecified atom stereocenters. The van der Waals surface area contributed by atoms with Crippen LogP contribution in [0.4, 0.5) is 0 Å². The lowest BCUT2D eigenvalue weighted by Crippen LogP contribution is -2.21. The normalized spacial score (nSPS) is 11.1. The van der Waals surface area contributed by atoms with Crippen molar-refractivity contribution in [3.8, 4) is 16.3 Å². The van der Waals surface area contributed by atoms with E-state index in [1.807, 2.05) is 0 Å². The van der Waals surface area contributed by atoms with E-state index in [0.29, 0.717) is 6.04 Å². The summed E-state index contributed by atoms with van der Waals surface area (Å²) in [5.41, 5.74) is 3.36. The Labute approximate surface area is 125 Å². The summed E-state index contributed by atoms with van der Waals surface area (Å²) in [6.07, 6.45) is 0. The number of hydrogen-bond donors (Lipinski definition) is 1. The van der Waals surface area contributed by atoms with Gasteiger partial charge in [0.2, 0.25) is 0 Å². The molecule has 1 heterocycles. The van der Waals surface area contributed by atoms with E-state index in [2.05, 4.69) is 51.2 Å². The van der Waals surface area contributed by atoms with Crippen molar-refractivity contribution in [2.45, 2.75) is 40.3 Å². The Hall–Kier alpha value is -1.39. The maximum Gasteiger partial charge on any atom is 0.129 e. The molecule has 0 atom stereocenters. The van der Waals surface area contributed by atoms with Crippen LogP contribution in [0.15, 0.2) is 18.2 Å². The molecule has 2 rings (SSSR count). The third-order valence-corrected chi connectivity index (χ3v) is 4.34. The van der Waals surface area contributed by atoms with Crippen molar-refractivity contribution in [3.63, 3.8) is 0 Å². The quantitative estimate of drug-likeness (QED) is 0.906. The number of aromatic nitrogens is 1. The number of benzene rings is 1. The van der Waals surface area contributed by atoms with Crippen LogP contribution in [0.5, 0.6) is 5.75 Å². The number of nitrogens with zero attached hydrogens (tertiary/aromatic N) is 1. The second-order valence-corrected chi connectivity index (χ2v) is 6.35. The van der Waals surface area contributed by atoms with E-state index >= 15 is 0 Å². The molecule has 108 valence electrons. The first-order valence-electron chi connectivity index (χ1n) is 6.86. The van der Waals surface area contributed by atoms with E-state index in [1.54, 1.807) is 18.4 Å². The van der Waals surface area contributed by atoms with Gasteiger partial charge in [0.05, 0.1) is 18.4 Å². The third-order valence-electron chi connectivity index (χ3n) is 3.15. The third kappa shape index (κ3) is 3.38. The van der Waals surface area contributed by atoms with Gasteiger partial charge in [0.25, 0.3) is 0 Å². The number of rotatable bonds is 5. The number of hydrogen-bond acceptors (Lipinski definition) is 4. The Morgan fingerprint density at radius 1 is 1.30 bits per heavy atom. The fourth-order valence-electron chi connectivity index (χ4n) is 1.98. The van der Waals surface area contributed by atoms with Crippen LogP contribution in [0.25, 0.3) is 10.6 Å². The van der Waals surface area contributed by atoms with Gasteiger partial charge in [0.1, 0.15) is 10.8 Å². The molecular weight excluding hydrogens is 268 g/mol. The van der Waals surface area contributed by atoms with E-state index < -0.39 is 0 Å². The summed E-state index contributed by atoms with van der Waals surface area (Å²) in [6.45, 7) is 9.31. The summed E-state index contributed by atoms with van der Waals surface area (Å²) in [4.78, 5) is 5.98. The fourth-order valence-corrected chi connectivity index (χ4v) is 3.02. The lowest BCUT2D eigenvalue weighted by atomic mass is 10.1. The molecule has 2 aromatic rings. The van der Waals surface area contributed by atoms with Crippen LogP contribution in [0, 0.1) is 13.8 Å². The molecule has 0 spiro atoms. The van der Waals surface area contributed by atoms with Gasteiger partial charge < -0.3 is 10.1 Å². The predicted octanol–water partition coefficient (Wildman–Crippen LogP) is 3.93. The van der Waals surface area contributed by atoms with Crippen LogP contribution in [-0.2, 0) is 6.54 Å². The van der Waals surface area contributed by atoms with Gasteiger partial charge in [-0.3, -0.25) is 0 Å². The van der Waals surface area contributed by atoms with Gasteiger partial charge in [-0.1, -0.05) is 19.9 Å². The molecule has 1 aromatic heterocycles. The Bertz CT molecular complexity index is 590. The van der Waals surface area contributed by atoms with Gasteiger partial charge in [0.15, 0.2) is 0 Å². The van der Waals surface area contributed by atoms with Gasteiger partial charge in [-0.25, -0.2) is 4.98 Å². The standard InChI is InChI=1S/C16H22N2OS/c1-10(2)17-9-15-12(4)18-16(20-15)13-7-6-11(3)8-14(13)19-5/h6-8,10,17H,9H2,1-5H3. The largest absolute Gasteiger partial charge is 0.496 e. The second kappa shape index (κ2) is 6.37. The van der Waals surface area contributed by atoms with E-state index in [0.717, 1.165) is 28.6 Å². The SMILES string of the molecule is COc1cc(C)ccc1-c1nc(C)c(CNC(C)C)s1. The number of nitrogens with one attached hydrogen (secondary N) is 1. The number of ether oxygens (including phenoxy) is 1. The van der Waals surface area contributed by atoms with Crippen molar-refractivity contribution in [2.75, 3.05) is 7.11 Å². The molecular formula is C16H22N2OS. The highest BCUT2D eigenvalue weighted by molar-refractivity contribution is 7.15. The first-order valence-corrected chi connectivity index (χ1v) is 7.67. The van der Waals surface area contributed by atoms with Gasteiger partial charge in [0, 0.05) is 17.5 Å². The van der Waals surface area contributed by atoms with Crippen LogP contribution in [0.1, 0.15) is 30.0 Å². The highest BCUT2D eigenvalue weighted by Gasteiger charge is 2.13. The molecule has 3 nitrogen and oxygen atoms in total. The Morgan fingerprint density at radius 2 is 2.05 bits per heavy atom. The maximum atomic E-state index is 5.48. The molecule has 4 heteroatoms. The number of methoxy groups -OCH3 is 1. The lowest BCUT2D eigenvalue weighted by molar-refractivity contribution is 0.416. The van der Waals surface area contributed by atoms with Crippen molar-refractivity contribution in [1.29, 1.82) is 0 Å². The average molecular weight is 290 g/mol. The summed E-state index contributed by atoms with van der Waals surface area (Å²) < 4.78 is 5.48. The highest BCUT2D eigenvalue weighted by atomic mass is 32.1. The van der Waals surface area contributed by atoms with E-state index in [9.17, 15) is 0 Å². The maximum absolute atomic E-state index is 5.48. The molecule has 0 radical (unpaired) electrons. The van der Waals surface area contributed by atoms with Crippen molar-refractivity contribution in [2.24, 2.45) is 0 Å². The van der Waals surface area contributed by atoms with Crippen molar-refractivity contribution < 1.29 is 4.74 Å². The predicted molar refractivity (Wildman–Crippen MR) is 85.6 cm³/mol. The zero-order chi connectivity index (χ0) is 14.7. The van der Waals surface area contributed by atoms with Crippen molar-refractivity contribution in [1.82, 2.24) is 10.3 Å². The summed E-state index contributed by atoms with van der Waals surface area (Å²) in [7, 11) is 1.71. The fraction of sp³-hybridized carbons (Fsp3) is 0.438. The Kier molecular flexibility index (Phi) is 4.78. The highest BCUT2D eigenvalue weighted by Crippen LogP contribution is 2.34. The van der Waals surface area contributed by atoms with Crippen molar-refractivity contribution >= 4 is 11.3 Å². The van der Waals surface area contributed by atoms with E-state index in [1.165, 1.54) is 10.4 Å². The Balaban J connectivity index is 2.32. The lowest BCUT2D eigenvalue weighted by Gasteiger charge is -2.07. The Morgan fingerprint density at radius 3 is 2.70 bits per heavy atom. The minimum atomic E-state index is 0.480. The zero-order valence-electron chi connectivity index (χ0n) is 12.8. The van der Waals surface area contributed by atoms with Crippen LogP contribution in [0.2, 0.25) is 0 Å². The molecule has 0 saturated heterocycles. The van der Waals surface area contributed by atoms with Crippen LogP contribution >= 0.6 is 11.3 Å². The molecule has 0 aliphatic heterocycles. The molecule has 20 heavy (non-hydrogen) atoms. The molecule has 0 amide bonds. The van der Waals surface area contributed by atoms with E-state index in [-0.39, 0.29) is 0 Å². The summed E-state index contributed by atoms with van der Waals surface area (Å²) >= 11 is 1.74. The summed E-state index contributed by atoms with van der Waals surface area (Å²) in [6, 6.07) is 6.72. The molecule has 0 fully saturated rings. The molecule has 0 aliphatic carbocycles. The van der Waals surface area contributed by atoms with Crippen molar-refractivity contribution in [3.05, 3.63) is 34.3 Å². The topological polar surface area (TPSA) is 34.1 Å². The number of thiazole rings is 1. The molecule has 1 N–H and O–H groups in total. The first kappa shape index (κ1) is 15.0. The molecule has 0 aliphatic rings. The summed E-state index contributed by atoms with van der Waals surface area (Å²) in [5.74, 6) is 0.891. The molecule has 1 aromatic carbocycles. The smallest absolute Gasteiger partial charge is 0.129 e. The van der Waals surface area contributed by atoms with Crippen LogP contribution in [-0.4, -0.2) is 18.1 Å². The first-order chi connectivity index (χ1) is 9.51. The average Bonchev–Trinajstić information content (AvgIpc) is 2.77. The number of aryl methyl sites for hydroxylation is 2. The summed E-state index contributed by atoms with van der Waals surface area (Å²) in [5, 5.41) is 4.47. The van der Waals surface area contributed by atoms with Crippen LogP contribution in [0.3, 0.4) is 0 Å². The zero-order valence-corrected chi connectivity index (χ0v) is 13.6. The van der Waals surface area contributed by atoms with E-state index in [4.69, 9.17) is 9.72 Å². The van der Waals surface area contributed by atoms with Gasteiger partial charge in [-0.05, 0) is 31.5 Å². The monoisotopic (exact) mass is 290 g/mol. The second-order valence-electron chi connectivity index (χ2n) is 5.27.